The lowest BCUT2D eigenvalue weighted by molar-refractivity contribution is -0.0582. The second-order valence-corrected chi connectivity index (χ2v) is 5.68. The molecule has 20 heavy (non-hydrogen) atoms. The molecule has 0 aromatic heterocycles. The highest BCUT2D eigenvalue weighted by Crippen LogP contribution is 2.34. The number of hydrogen-bond acceptors (Lipinski definition) is 3. The number of likely N-dealkylation sites (tertiary alicyclic amines) is 1. The van der Waals surface area contributed by atoms with Crippen molar-refractivity contribution in [3.8, 4) is 12.3 Å². The minimum Gasteiger partial charge on any atom is -0.442 e. The van der Waals surface area contributed by atoms with Crippen LogP contribution in [0.15, 0.2) is 30.3 Å². The third-order valence-electron chi connectivity index (χ3n) is 4.24. The average molecular weight is 271 g/mol. The van der Waals surface area contributed by atoms with Crippen molar-refractivity contribution in [3.05, 3.63) is 35.9 Å². The Labute approximate surface area is 120 Å². The molecular weight excluding hydrogens is 250 g/mol. The monoisotopic (exact) mass is 271 g/mol. The molecule has 1 aromatic rings. The van der Waals surface area contributed by atoms with Crippen LogP contribution in [-0.4, -0.2) is 36.1 Å². The van der Waals surface area contributed by atoms with Crippen molar-refractivity contribution in [3.63, 3.8) is 0 Å². The van der Waals surface area contributed by atoms with Crippen LogP contribution in [-0.2, 0) is 4.74 Å². The van der Waals surface area contributed by atoms with Crippen molar-refractivity contribution in [2.75, 3.05) is 13.6 Å². The van der Waals surface area contributed by atoms with Crippen LogP contribution in [0.4, 0.5) is 0 Å². The Kier molecular flexibility index (Phi) is 4.15. The summed E-state index contributed by atoms with van der Waals surface area (Å²) in [6, 6.07) is 9.30. The summed E-state index contributed by atoms with van der Waals surface area (Å²) in [7, 11) is 2.07. The molecule has 0 unspecified atom stereocenters. The third-order valence-corrected chi connectivity index (χ3v) is 4.24. The predicted octanol–water partition coefficient (Wildman–Crippen LogP) is 2.58. The van der Waals surface area contributed by atoms with E-state index in [-0.39, 0.29) is 11.9 Å². The van der Waals surface area contributed by atoms with Crippen molar-refractivity contribution in [1.29, 1.82) is 0 Å². The molecule has 1 saturated heterocycles. The van der Waals surface area contributed by atoms with Gasteiger partial charge in [-0.3, -0.25) is 0 Å². The number of piperidine rings is 1. The Morgan fingerprint density at radius 2 is 2.05 bits per heavy atom. The van der Waals surface area contributed by atoms with Gasteiger partial charge in [0.25, 0.3) is 0 Å². The van der Waals surface area contributed by atoms with Crippen molar-refractivity contribution in [1.82, 2.24) is 4.90 Å². The van der Waals surface area contributed by atoms with Crippen LogP contribution in [0.1, 0.15) is 30.6 Å². The molecule has 0 amide bonds. The summed E-state index contributed by atoms with van der Waals surface area (Å²) in [5.74, 6) is 2.52. The molecular formula is C17H21NO2. The molecule has 1 aliphatic rings. The van der Waals surface area contributed by atoms with Crippen LogP contribution < -0.4 is 0 Å². The van der Waals surface area contributed by atoms with Crippen LogP contribution in [0.25, 0.3) is 0 Å². The molecule has 0 aliphatic carbocycles. The molecule has 0 bridgehead atoms. The van der Waals surface area contributed by atoms with Crippen LogP contribution in [0.5, 0.6) is 0 Å². The highest BCUT2D eigenvalue weighted by atomic mass is 16.6. The summed E-state index contributed by atoms with van der Waals surface area (Å²) in [5, 5.41) is 0. The molecule has 3 atom stereocenters. The number of rotatable bonds is 2. The Morgan fingerprint density at radius 3 is 2.65 bits per heavy atom. The highest BCUT2D eigenvalue weighted by Gasteiger charge is 2.44. The maximum absolute atomic E-state index is 12.3. The number of benzene rings is 1. The first-order chi connectivity index (χ1) is 9.48. The zero-order chi connectivity index (χ0) is 14.8. The first-order valence-corrected chi connectivity index (χ1v) is 6.95. The van der Waals surface area contributed by atoms with E-state index in [0.717, 1.165) is 6.54 Å². The van der Waals surface area contributed by atoms with Gasteiger partial charge >= 0.3 is 5.97 Å². The molecule has 106 valence electrons. The topological polar surface area (TPSA) is 29.5 Å². The minimum absolute atomic E-state index is 0.112. The normalized spacial score (nSPS) is 30.5. The van der Waals surface area contributed by atoms with E-state index in [1.165, 1.54) is 0 Å². The highest BCUT2D eigenvalue weighted by molar-refractivity contribution is 5.89. The van der Waals surface area contributed by atoms with Crippen molar-refractivity contribution < 1.29 is 9.53 Å². The molecule has 3 heteroatoms. The fraction of sp³-hybridized carbons (Fsp3) is 0.471. The molecule has 1 aromatic carbocycles. The van der Waals surface area contributed by atoms with Crippen molar-refractivity contribution in [2.45, 2.75) is 31.9 Å². The number of carbonyl (C=O) groups excluding carboxylic acids is 1. The first kappa shape index (κ1) is 14.6. The summed E-state index contributed by atoms with van der Waals surface area (Å²) < 4.78 is 5.74. The van der Waals surface area contributed by atoms with E-state index in [4.69, 9.17) is 11.2 Å². The second-order valence-electron chi connectivity index (χ2n) is 5.68. The van der Waals surface area contributed by atoms with Gasteiger partial charge in [0.2, 0.25) is 0 Å². The minimum atomic E-state index is -0.807. The lowest BCUT2D eigenvalue weighted by Crippen LogP contribution is -2.54. The maximum Gasteiger partial charge on any atom is 0.339 e. The largest absolute Gasteiger partial charge is 0.442 e. The number of ether oxygens (including phenoxy) is 1. The van der Waals surface area contributed by atoms with Gasteiger partial charge in [0, 0.05) is 24.9 Å². The van der Waals surface area contributed by atoms with E-state index in [1.807, 2.05) is 25.1 Å². The van der Waals surface area contributed by atoms with Gasteiger partial charge in [-0.25, -0.2) is 4.79 Å². The zero-order valence-electron chi connectivity index (χ0n) is 12.3. The van der Waals surface area contributed by atoms with Gasteiger partial charge in [-0.2, -0.15) is 0 Å². The van der Waals surface area contributed by atoms with Crippen LogP contribution in [0.2, 0.25) is 0 Å². The lowest BCUT2D eigenvalue weighted by atomic mass is 9.79. The lowest BCUT2D eigenvalue weighted by Gasteiger charge is -2.45. The Balaban J connectivity index is 2.20. The van der Waals surface area contributed by atoms with Gasteiger partial charge in [-0.05, 0) is 26.1 Å². The number of esters is 1. The van der Waals surface area contributed by atoms with E-state index >= 15 is 0 Å². The van der Waals surface area contributed by atoms with Crippen molar-refractivity contribution in [2.24, 2.45) is 5.92 Å². The Morgan fingerprint density at radius 1 is 1.40 bits per heavy atom. The molecule has 3 nitrogen and oxygen atoms in total. The molecule has 2 rings (SSSR count). The van der Waals surface area contributed by atoms with Gasteiger partial charge in [0.05, 0.1) is 5.56 Å². The second kappa shape index (κ2) is 5.68. The maximum atomic E-state index is 12.3. The summed E-state index contributed by atoms with van der Waals surface area (Å²) in [6.45, 7) is 4.97. The standard InChI is InChI=1S/C17H21NO2/c1-5-17(11-14(3)18(4)12-13(17)2)20-16(19)15-9-7-6-8-10-15/h1,6-10,13-14H,11-12H2,2-4H3/t13-,14+,17+/m1/s1. The van der Waals surface area contributed by atoms with Gasteiger partial charge in [0.15, 0.2) is 5.60 Å². The van der Waals surface area contributed by atoms with E-state index in [1.54, 1.807) is 12.1 Å². The van der Waals surface area contributed by atoms with E-state index in [2.05, 4.69) is 24.8 Å². The number of hydrogen-bond donors (Lipinski definition) is 0. The van der Waals surface area contributed by atoms with Crippen LogP contribution in [0.3, 0.4) is 0 Å². The Bertz CT molecular complexity index is 520. The molecule has 1 aliphatic heterocycles. The number of terminal acetylenes is 1. The molecule has 0 saturated carbocycles. The first-order valence-electron chi connectivity index (χ1n) is 6.95. The number of nitrogens with zero attached hydrogens (tertiary/aromatic N) is 1. The van der Waals surface area contributed by atoms with Crippen molar-refractivity contribution >= 4 is 5.97 Å². The Hall–Kier alpha value is -1.79. The fourth-order valence-corrected chi connectivity index (χ4v) is 2.73. The molecule has 1 fully saturated rings. The van der Waals surface area contributed by atoms with Crippen LogP contribution >= 0.6 is 0 Å². The number of carbonyl (C=O) groups is 1. The summed E-state index contributed by atoms with van der Waals surface area (Å²) in [5.41, 5.74) is -0.264. The molecule has 0 N–H and O–H groups in total. The van der Waals surface area contributed by atoms with E-state index in [9.17, 15) is 4.79 Å². The molecule has 0 spiro atoms. The van der Waals surface area contributed by atoms with E-state index < -0.39 is 5.60 Å². The van der Waals surface area contributed by atoms with Gasteiger partial charge in [-0.1, -0.05) is 31.0 Å². The molecule has 0 radical (unpaired) electrons. The quantitative estimate of drug-likeness (QED) is 0.611. The third kappa shape index (κ3) is 2.71. The van der Waals surface area contributed by atoms with Crippen LogP contribution in [0, 0.1) is 18.3 Å². The van der Waals surface area contributed by atoms with Gasteiger partial charge in [-0.15, -0.1) is 6.42 Å². The fourth-order valence-electron chi connectivity index (χ4n) is 2.73. The van der Waals surface area contributed by atoms with E-state index in [0.29, 0.717) is 18.0 Å². The summed E-state index contributed by atoms with van der Waals surface area (Å²) in [6.07, 6.45) is 6.38. The summed E-state index contributed by atoms with van der Waals surface area (Å²) >= 11 is 0. The summed E-state index contributed by atoms with van der Waals surface area (Å²) in [4.78, 5) is 14.5. The van der Waals surface area contributed by atoms with Gasteiger partial charge in [0.1, 0.15) is 0 Å². The zero-order valence-corrected chi connectivity index (χ0v) is 12.3. The average Bonchev–Trinajstić information content (AvgIpc) is 2.45. The smallest absolute Gasteiger partial charge is 0.339 e. The predicted molar refractivity (Wildman–Crippen MR) is 79.3 cm³/mol. The SMILES string of the molecule is C#C[C@]1(OC(=O)c2ccccc2)C[C@H](C)N(C)C[C@H]1C. The van der Waals surface area contributed by atoms with Gasteiger partial charge < -0.3 is 9.64 Å². The molecule has 1 heterocycles.